The number of aliphatic hydroxyl groups is 2. The Labute approximate surface area is 146 Å². The topological polar surface area (TPSA) is 49.7 Å². The molecule has 4 aliphatic rings. The Morgan fingerprint density at radius 3 is 2.58 bits per heavy atom. The Balaban J connectivity index is 1.70. The fourth-order valence-electron chi connectivity index (χ4n) is 7.41. The van der Waals surface area contributed by atoms with E-state index in [-0.39, 0.29) is 23.0 Å². The molecule has 4 aliphatic carbocycles. The summed E-state index contributed by atoms with van der Waals surface area (Å²) >= 11 is 0. The van der Waals surface area contributed by atoms with E-state index in [1.54, 1.807) is 0 Å². The van der Waals surface area contributed by atoms with Gasteiger partial charge < -0.3 is 14.9 Å². The summed E-state index contributed by atoms with van der Waals surface area (Å²) in [5, 5.41) is 20.8. The van der Waals surface area contributed by atoms with Crippen molar-refractivity contribution in [3.8, 4) is 0 Å². The molecular weight excluding hydrogens is 300 g/mol. The molecule has 3 saturated carbocycles. The molecule has 24 heavy (non-hydrogen) atoms. The van der Waals surface area contributed by atoms with Gasteiger partial charge in [0, 0.05) is 13.7 Å². The number of aliphatic hydroxyl groups excluding tert-OH is 2. The van der Waals surface area contributed by atoms with E-state index in [1.807, 2.05) is 13.2 Å². The first kappa shape index (κ1) is 17.1. The number of rotatable bonds is 2. The lowest BCUT2D eigenvalue weighted by atomic mass is 9.44. The van der Waals surface area contributed by atoms with Crippen LogP contribution in [0, 0.1) is 40.4 Å². The quantitative estimate of drug-likeness (QED) is 0.761. The van der Waals surface area contributed by atoms with Gasteiger partial charge >= 0.3 is 0 Å². The van der Waals surface area contributed by atoms with Gasteiger partial charge in [0.25, 0.3) is 0 Å². The van der Waals surface area contributed by atoms with Gasteiger partial charge in [0.1, 0.15) is 0 Å². The maximum Gasteiger partial charge on any atom is 0.0724 e. The highest BCUT2D eigenvalue weighted by molar-refractivity contribution is 5.18. The van der Waals surface area contributed by atoms with Crippen LogP contribution < -0.4 is 0 Å². The van der Waals surface area contributed by atoms with Crippen molar-refractivity contribution in [2.24, 2.45) is 40.4 Å². The van der Waals surface area contributed by atoms with Crippen LogP contribution in [0.3, 0.4) is 0 Å². The molecule has 3 fully saturated rings. The molecule has 0 aromatic heterocycles. The second-order valence-corrected chi connectivity index (χ2v) is 9.60. The summed E-state index contributed by atoms with van der Waals surface area (Å²) in [6, 6.07) is 0. The van der Waals surface area contributed by atoms with Crippen molar-refractivity contribution >= 4 is 0 Å². The Hall–Kier alpha value is -0.380. The van der Waals surface area contributed by atoms with Crippen molar-refractivity contribution in [1.29, 1.82) is 0 Å². The smallest absolute Gasteiger partial charge is 0.0724 e. The molecular formula is C21H34O3. The van der Waals surface area contributed by atoms with Crippen LogP contribution in [0.4, 0.5) is 0 Å². The zero-order valence-corrected chi connectivity index (χ0v) is 15.4. The predicted molar refractivity (Wildman–Crippen MR) is 94.4 cm³/mol. The van der Waals surface area contributed by atoms with Crippen LogP contribution in [0.1, 0.15) is 52.4 Å². The molecule has 4 rings (SSSR count). The number of fused-ring (bicyclic) bond motifs is 5. The largest absolute Gasteiger partial charge is 0.393 e. The van der Waals surface area contributed by atoms with Gasteiger partial charge in [0.2, 0.25) is 0 Å². The third-order valence-corrected chi connectivity index (χ3v) is 8.68. The lowest BCUT2D eigenvalue weighted by Gasteiger charge is -2.61. The van der Waals surface area contributed by atoms with Gasteiger partial charge in [-0.2, -0.15) is 0 Å². The van der Waals surface area contributed by atoms with Gasteiger partial charge in [0.15, 0.2) is 0 Å². The molecule has 0 aromatic carbocycles. The van der Waals surface area contributed by atoms with Crippen molar-refractivity contribution in [3.63, 3.8) is 0 Å². The molecule has 2 N–H and O–H groups in total. The fraction of sp³-hybridized carbons (Fsp3) is 0.905. The number of ether oxygens (including phenoxy) is 1. The van der Waals surface area contributed by atoms with E-state index < -0.39 is 0 Å². The Bertz CT molecular complexity index is 517. The Morgan fingerprint density at radius 2 is 1.83 bits per heavy atom. The van der Waals surface area contributed by atoms with Crippen molar-refractivity contribution < 1.29 is 14.9 Å². The summed E-state index contributed by atoms with van der Waals surface area (Å²) in [4.78, 5) is 0. The van der Waals surface area contributed by atoms with Crippen LogP contribution in [0.25, 0.3) is 0 Å². The molecule has 136 valence electrons. The predicted octanol–water partition coefficient (Wildman–Crippen LogP) is 3.40. The maximum absolute atomic E-state index is 10.6. The summed E-state index contributed by atoms with van der Waals surface area (Å²) < 4.78 is 5.59. The number of hydrogen-bond acceptors (Lipinski definition) is 3. The molecule has 9 atom stereocenters. The van der Waals surface area contributed by atoms with Gasteiger partial charge in [-0.05, 0) is 78.9 Å². The second-order valence-electron chi connectivity index (χ2n) is 9.60. The molecule has 0 saturated heterocycles. The van der Waals surface area contributed by atoms with Crippen LogP contribution in [-0.4, -0.2) is 36.1 Å². The summed E-state index contributed by atoms with van der Waals surface area (Å²) in [6.45, 7) is 5.58. The number of allylic oxidation sites excluding steroid dienone is 1. The number of methoxy groups -OCH3 is 1. The first-order valence-corrected chi connectivity index (χ1v) is 9.94. The summed E-state index contributed by atoms with van der Waals surface area (Å²) in [5.74, 6) is 3.10. The van der Waals surface area contributed by atoms with E-state index in [9.17, 15) is 10.2 Å². The van der Waals surface area contributed by atoms with E-state index in [1.165, 1.54) is 19.3 Å². The first-order valence-electron chi connectivity index (χ1n) is 9.94. The molecule has 0 spiro atoms. The third-order valence-electron chi connectivity index (χ3n) is 8.68. The molecule has 3 nitrogen and oxygen atoms in total. The molecule has 0 amide bonds. The van der Waals surface area contributed by atoms with E-state index in [2.05, 4.69) is 19.9 Å². The average molecular weight is 335 g/mol. The van der Waals surface area contributed by atoms with Gasteiger partial charge in [0.05, 0.1) is 12.2 Å². The van der Waals surface area contributed by atoms with Gasteiger partial charge in [-0.15, -0.1) is 0 Å². The molecule has 0 aliphatic heterocycles. The monoisotopic (exact) mass is 334 g/mol. The van der Waals surface area contributed by atoms with Crippen LogP contribution in [0.15, 0.2) is 12.2 Å². The van der Waals surface area contributed by atoms with Gasteiger partial charge in [-0.3, -0.25) is 0 Å². The van der Waals surface area contributed by atoms with E-state index in [0.29, 0.717) is 29.6 Å². The Kier molecular flexibility index (Phi) is 4.14. The van der Waals surface area contributed by atoms with Crippen LogP contribution >= 0.6 is 0 Å². The van der Waals surface area contributed by atoms with Crippen LogP contribution in [0.5, 0.6) is 0 Å². The average Bonchev–Trinajstić information content (AvgIpc) is 2.85. The minimum atomic E-state index is -0.291. The molecule has 2 unspecified atom stereocenters. The second kappa shape index (κ2) is 5.82. The highest BCUT2D eigenvalue weighted by atomic mass is 16.5. The van der Waals surface area contributed by atoms with Crippen molar-refractivity contribution in [2.75, 3.05) is 13.7 Å². The summed E-state index contributed by atoms with van der Waals surface area (Å²) in [6.07, 6.45) is 10.6. The van der Waals surface area contributed by atoms with Crippen molar-refractivity contribution in [3.05, 3.63) is 12.2 Å². The highest BCUT2D eigenvalue weighted by Crippen LogP contribution is 2.66. The number of hydrogen-bond donors (Lipinski definition) is 2. The standard InChI is InChI=1S/C21H34O3/c1-20-8-6-14(22)11-18(20)13(12-24-3)10-15-16-4-5-19(23)21(16,2)9-7-17(15)20/h6,8,13-19,22-23H,4-5,7,9-12H2,1-3H3/t13-,14?,15-,16-,17-,18?,19-,20+,21-/m0/s1. The molecule has 0 heterocycles. The minimum absolute atomic E-state index is 0.112. The SMILES string of the molecule is COC[C@@H]1C[C@H]2[C@@H]3CC[C@H](O)[C@@]3(C)CC[C@@H]2[C@@]2(C)C=CC(O)CC12. The highest BCUT2D eigenvalue weighted by Gasteiger charge is 2.61. The third kappa shape index (κ3) is 2.27. The van der Waals surface area contributed by atoms with E-state index in [0.717, 1.165) is 25.9 Å². The van der Waals surface area contributed by atoms with Crippen LogP contribution in [0.2, 0.25) is 0 Å². The van der Waals surface area contributed by atoms with Gasteiger partial charge in [-0.25, -0.2) is 0 Å². The first-order chi connectivity index (χ1) is 11.4. The lowest BCUT2D eigenvalue weighted by Crippen LogP contribution is -2.56. The van der Waals surface area contributed by atoms with Crippen molar-refractivity contribution in [1.82, 2.24) is 0 Å². The minimum Gasteiger partial charge on any atom is -0.393 e. The van der Waals surface area contributed by atoms with Gasteiger partial charge in [-0.1, -0.05) is 26.0 Å². The maximum atomic E-state index is 10.6. The lowest BCUT2D eigenvalue weighted by molar-refractivity contribution is -0.129. The zero-order valence-electron chi connectivity index (χ0n) is 15.4. The summed E-state index contributed by atoms with van der Waals surface area (Å²) in [5.41, 5.74) is 0.306. The zero-order chi connectivity index (χ0) is 17.1. The van der Waals surface area contributed by atoms with E-state index >= 15 is 0 Å². The summed E-state index contributed by atoms with van der Waals surface area (Å²) in [7, 11) is 1.81. The van der Waals surface area contributed by atoms with E-state index in [4.69, 9.17) is 4.74 Å². The molecule has 0 aromatic rings. The molecule has 0 radical (unpaired) electrons. The molecule has 0 bridgehead atoms. The van der Waals surface area contributed by atoms with Crippen LogP contribution in [-0.2, 0) is 4.74 Å². The normalized spacial score (nSPS) is 56.5. The molecule has 3 heteroatoms. The van der Waals surface area contributed by atoms with Crippen molar-refractivity contribution in [2.45, 2.75) is 64.6 Å². The fourth-order valence-corrected chi connectivity index (χ4v) is 7.41. The Morgan fingerprint density at radius 1 is 1.04 bits per heavy atom.